The Hall–Kier alpha value is -1.93. The predicted molar refractivity (Wildman–Crippen MR) is 112 cm³/mol. The molecule has 1 amide bonds. The number of amides is 1. The zero-order valence-electron chi connectivity index (χ0n) is 15.8. The number of rotatable bonds is 6. The number of ether oxygens (including phenoxy) is 1. The normalized spacial score (nSPS) is 15.2. The fraction of sp³-hybridized carbons (Fsp3) is 0.400. The minimum atomic E-state index is -0.0137. The van der Waals surface area contributed by atoms with Crippen molar-refractivity contribution < 1.29 is 14.4 Å². The van der Waals surface area contributed by atoms with Gasteiger partial charge in [-0.2, -0.15) is 5.10 Å². The van der Waals surface area contributed by atoms with E-state index in [1.165, 1.54) is 11.3 Å². The molecule has 1 aliphatic rings. The second kappa shape index (κ2) is 8.61. The molecule has 0 saturated carbocycles. The first-order valence-electron chi connectivity index (χ1n) is 9.56. The molecule has 0 aliphatic carbocycles. The van der Waals surface area contributed by atoms with Crippen LogP contribution in [-0.2, 0) is 4.74 Å². The van der Waals surface area contributed by atoms with Gasteiger partial charge in [0.05, 0.1) is 36.0 Å². The minimum absolute atomic E-state index is 0.0137. The largest absolute Gasteiger partial charge is 0.370 e. The summed E-state index contributed by atoms with van der Waals surface area (Å²) in [4.78, 5) is 15.8. The number of morpholine rings is 1. The maximum absolute atomic E-state index is 12.6. The van der Waals surface area contributed by atoms with Crippen LogP contribution >= 0.6 is 22.9 Å². The molecule has 2 N–H and O–H groups in total. The second-order valence-electron chi connectivity index (χ2n) is 7.02. The molecular formula is C20H24ClN4O2S+. The Morgan fingerprint density at radius 3 is 2.82 bits per heavy atom. The minimum Gasteiger partial charge on any atom is -0.370 e. The Kier molecular flexibility index (Phi) is 5.96. The highest BCUT2D eigenvalue weighted by Crippen LogP contribution is 2.30. The molecule has 1 aliphatic heterocycles. The van der Waals surface area contributed by atoms with Gasteiger partial charge < -0.3 is 15.0 Å². The van der Waals surface area contributed by atoms with Gasteiger partial charge in [0.1, 0.15) is 17.9 Å². The molecule has 4 rings (SSSR count). The summed E-state index contributed by atoms with van der Waals surface area (Å²) < 4.78 is 7.26. The first-order valence-corrected chi connectivity index (χ1v) is 10.8. The standard InChI is InChI=1S/C20H23ClN4O2S/c1-14-17-13-18(19(26)22-7-2-8-24-9-11-27-12-10-24)28-20(17)25(23-14)16-5-3-15(21)4-6-16/h3-6,13H,2,7-12H2,1H3,(H,22,26)/p+1. The average molecular weight is 420 g/mol. The van der Waals surface area contributed by atoms with E-state index in [0.29, 0.717) is 11.6 Å². The van der Waals surface area contributed by atoms with Gasteiger partial charge in [0, 0.05) is 23.4 Å². The summed E-state index contributed by atoms with van der Waals surface area (Å²) >= 11 is 7.46. The molecule has 6 nitrogen and oxygen atoms in total. The Balaban J connectivity index is 1.41. The van der Waals surface area contributed by atoms with Gasteiger partial charge in [-0.25, -0.2) is 4.68 Å². The van der Waals surface area contributed by atoms with Crippen LogP contribution in [-0.4, -0.2) is 55.1 Å². The summed E-state index contributed by atoms with van der Waals surface area (Å²) in [5.74, 6) is -0.0137. The average Bonchev–Trinajstić information content (AvgIpc) is 3.27. The van der Waals surface area contributed by atoms with Crippen molar-refractivity contribution in [2.24, 2.45) is 0 Å². The number of carbonyl (C=O) groups is 1. The van der Waals surface area contributed by atoms with Gasteiger partial charge in [-0.3, -0.25) is 4.79 Å². The van der Waals surface area contributed by atoms with E-state index in [1.807, 2.05) is 41.9 Å². The maximum atomic E-state index is 12.6. The lowest BCUT2D eigenvalue weighted by Gasteiger charge is -2.23. The Morgan fingerprint density at radius 2 is 2.07 bits per heavy atom. The summed E-state index contributed by atoms with van der Waals surface area (Å²) in [6.45, 7) is 7.53. The van der Waals surface area contributed by atoms with Crippen LogP contribution < -0.4 is 10.2 Å². The molecule has 1 saturated heterocycles. The molecule has 2 aromatic heterocycles. The zero-order chi connectivity index (χ0) is 19.5. The third kappa shape index (κ3) is 4.22. The van der Waals surface area contributed by atoms with E-state index in [2.05, 4.69) is 10.4 Å². The number of nitrogens with zero attached hydrogens (tertiary/aromatic N) is 2. The summed E-state index contributed by atoms with van der Waals surface area (Å²) in [6.07, 6.45) is 0.976. The topological polar surface area (TPSA) is 60.6 Å². The highest BCUT2D eigenvalue weighted by Gasteiger charge is 2.18. The number of hydrogen-bond acceptors (Lipinski definition) is 4. The zero-order valence-corrected chi connectivity index (χ0v) is 17.4. The van der Waals surface area contributed by atoms with E-state index < -0.39 is 0 Å². The lowest BCUT2D eigenvalue weighted by atomic mass is 10.3. The van der Waals surface area contributed by atoms with Crippen molar-refractivity contribution in [3.8, 4) is 5.69 Å². The number of hydrogen-bond donors (Lipinski definition) is 2. The molecule has 1 aromatic carbocycles. The van der Waals surface area contributed by atoms with Crippen LogP contribution in [0.4, 0.5) is 0 Å². The number of quaternary nitrogens is 1. The summed E-state index contributed by atoms with van der Waals surface area (Å²) in [5, 5.41) is 9.38. The van der Waals surface area contributed by atoms with Gasteiger partial charge in [-0.15, -0.1) is 11.3 Å². The lowest BCUT2D eigenvalue weighted by Crippen LogP contribution is -3.14. The molecule has 28 heavy (non-hydrogen) atoms. The van der Waals surface area contributed by atoms with Crippen LogP contribution in [0.15, 0.2) is 30.3 Å². The first kappa shape index (κ1) is 19.4. The van der Waals surface area contributed by atoms with Crippen LogP contribution in [0.25, 0.3) is 15.9 Å². The van der Waals surface area contributed by atoms with E-state index >= 15 is 0 Å². The quantitative estimate of drug-likeness (QED) is 0.601. The van der Waals surface area contributed by atoms with Crippen LogP contribution in [0, 0.1) is 6.92 Å². The van der Waals surface area contributed by atoms with Gasteiger partial charge in [0.2, 0.25) is 0 Å². The van der Waals surface area contributed by atoms with E-state index in [-0.39, 0.29) is 5.91 Å². The van der Waals surface area contributed by atoms with Crippen molar-refractivity contribution >= 4 is 39.1 Å². The highest BCUT2D eigenvalue weighted by atomic mass is 35.5. The van der Waals surface area contributed by atoms with Crippen molar-refractivity contribution in [2.75, 3.05) is 39.4 Å². The number of aryl methyl sites for hydroxylation is 1. The van der Waals surface area contributed by atoms with Crippen LogP contribution in [0.5, 0.6) is 0 Å². The van der Waals surface area contributed by atoms with Gasteiger partial charge in [-0.05, 0) is 37.3 Å². The fourth-order valence-corrected chi connectivity index (χ4v) is 4.68. The smallest absolute Gasteiger partial charge is 0.261 e. The summed E-state index contributed by atoms with van der Waals surface area (Å²) in [6, 6.07) is 9.50. The van der Waals surface area contributed by atoms with Gasteiger partial charge >= 0.3 is 0 Å². The number of aromatic nitrogens is 2. The second-order valence-corrected chi connectivity index (χ2v) is 8.49. The van der Waals surface area contributed by atoms with Gasteiger partial charge in [0.25, 0.3) is 5.91 Å². The Morgan fingerprint density at radius 1 is 1.32 bits per heavy atom. The molecule has 8 heteroatoms. The number of halogens is 1. The molecule has 0 atom stereocenters. The number of nitrogens with one attached hydrogen (secondary N) is 2. The molecule has 148 valence electrons. The van der Waals surface area contributed by atoms with E-state index in [0.717, 1.165) is 65.7 Å². The Bertz CT molecular complexity index is 961. The highest BCUT2D eigenvalue weighted by molar-refractivity contribution is 7.20. The molecular weight excluding hydrogens is 396 g/mol. The summed E-state index contributed by atoms with van der Waals surface area (Å²) in [7, 11) is 0. The number of carbonyl (C=O) groups excluding carboxylic acids is 1. The van der Waals surface area contributed by atoms with Crippen molar-refractivity contribution in [1.29, 1.82) is 0 Å². The number of thiophene rings is 1. The van der Waals surface area contributed by atoms with Gasteiger partial charge in [0.15, 0.2) is 0 Å². The van der Waals surface area contributed by atoms with Crippen molar-refractivity contribution in [2.45, 2.75) is 13.3 Å². The SMILES string of the molecule is Cc1nn(-c2ccc(Cl)cc2)c2sc(C(=O)NCCC[NH+]3CCOCC3)cc12. The third-order valence-corrected chi connectivity index (χ3v) is 6.39. The molecule has 1 fully saturated rings. The maximum Gasteiger partial charge on any atom is 0.261 e. The van der Waals surface area contributed by atoms with E-state index in [1.54, 1.807) is 4.90 Å². The predicted octanol–water partition coefficient (Wildman–Crippen LogP) is 2.08. The van der Waals surface area contributed by atoms with Gasteiger partial charge in [-0.1, -0.05) is 11.6 Å². The molecule has 3 heterocycles. The van der Waals surface area contributed by atoms with Crippen molar-refractivity contribution in [3.63, 3.8) is 0 Å². The Labute approximate surface area is 173 Å². The molecule has 0 unspecified atom stereocenters. The van der Waals surface area contributed by atoms with Crippen LogP contribution in [0.3, 0.4) is 0 Å². The number of fused-ring (bicyclic) bond motifs is 1. The van der Waals surface area contributed by atoms with Crippen LogP contribution in [0.2, 0.25) is 5.02 Å². The number of benzene rings is 1. The fourth-order valence-electron chi connectivity index (χ4n) is 3.45. The van der Waals surface area contributed by atoms with Crippen molar-refractivity contribution in [1.82, 2.24) is 15.1 Å². The van der Waals surface area contributed by atoms with E-state index in [4.69, 9.17) is 16.3 Å². The monoisotopic (exact) mass is 419 g/mol. The lowest BCUT2D eigenvalue weighted by molar-refractivity contribution is -0.908. The molecule has 0 bridgehead atoms. The third-order valence-electron chi connectivity index (χ3n) is 5.03. The summed E-state index contributed by atoms with van der Waals surface area (Å²) in [5.41, 5.74) is 1.85. The first-order chi connectivity index (χ1) is 13.6. The molecule has 0 spiro atoms. The van der Waals surface area contributed by atoms with Crippen molar-refractivity contribution in [3.05, 3.63) is 45.9 Å². The molecule has 0 radical (unpaired) electrons. The van der Waals surface area contributed by atoms with Crippen LogP contribution in [0.1, 0.15) is 21.8 Å². The molecule has 3 aromatic rings. The van der Waals surface area contributed by atoms with E-state index in [9.17, 15) is 4.79 Å².